The van der Waals surface area contributed by atoms with Crippen LogP contribution in [0.5, 0.6) is 5.75 Å². The zero-order valence-corrected chi connectivity index (χ0v) is 19.0. The summed E-state index contributed by atoms with van der Waals surface area (Å²) in [5, 5.41) is 9.36. The van der Waals surface area contributed by atoms with Crippen molar-refractivity contribution in [3.63, 3.8) is 0 Å². The van der Waals surface area contributed by atoms with Crippen LogP contribution >= 0.6 is 0 Å². The van der Waals surface area contributed by atoms with Gasteiger partial charge in [0.2, 0.25) is 0 Å². The largest absolute Gasteiger partial charge is 0.487 e. The normalized spacial score (nSPS) is 19.3. The zero-order chi connectivity index (χ0) is 23.7. The number of esters is 1. The molecule has 3 rings (SSSR count). The van der Waals surface area contributed by atoms with Crippen LogP contribution in [0.3, 0.4) is 0 Å². The molecular formula is C22H24N2O7S. The molecule has 0 bridgehead atoms. The van der Waals surface area contributed by atoms with Gasteiger partial charge in [-0.15, -0.1) is 0 Å². The molecule has 2 aromatic rings. The summed E-state index contributed by atoms with van der Waals surface area (Å²) in [7, 11) is -3.76. The van der Waals surface area contributed by atoms with Crippen LogP contribution in [0.2, 0.25) is 0 Å². The summed E-state index contributed by atoms with van der Waals surface area (Å²) in [5.41, 5.74) is -0.409. The van der Waals surface area contributed by atoms with E-state index in [2.05, 4.69) is 6.07 Å². The molecule has 0 saturated heterocycles. The molecule has 0 saturated carbocycles. The van der Waals surface area contributed by atoms with Crippen molar-refractivity contribution >= 4 is 16.1 Å². The van der Waals surface area contributed by atoms with Crippen molar-refractivity contribution < 1.29 is 26.9 Å². The van der Waals surface area contributed by atoms with Gasteiger partial charge in [0.1, 0.15) is 11.4 Å². The Bertz CT molecular complexity index is 1240. The number of aromatic nitrogens is 1. The summed E-state index contributed by atoms with van der Waals surface area (Å²) in [4.78, 5) is 25.1. The molecule has 0 unspecified atom stereocenters. The van der Waals surface area contributed by atoms with Crippen LogP contribution in [-0.4, -0.2) is 44.0 Å². The fourth-order valence-corrected chi connectivity index (χ4v) is 4.19. The Morgan fingerprint density at radius 3 is 2.59 bits per heavy atom. The van der Waals surface area contributed by atoms with Gasteiger partial charge in [0.15, 0.2) is 0 Å². The standard InChI is InChI=1S/C22H24N2O7S/c1-5-29-21(26)15-8-9-24(19(25)11-15)20-16-10-14(12-23)6-7-18(16)31-22(2,3)17(20)13-30-32(4,27)28/h6-11,17,20H,5,13H2,1-4H3/t17-,20+/m1/s1. The molecule has 1 aromatic heterocycles. The fourth-order valence-electron chi connectivity index (χ4n) is 3.79. The number of hydrogen-bond donors (Lipinski definition) is 0. The Hall–Kier alpha value is -3.16. The first-order valence-electron chi connectivity index (χ1n) is 9.93. The van der Waals surface area contributed by atoms with Crippen LogP contribution in [-0.2, 0) is 19.0 Å². The van der Waals surface area contributed by atoms with E-state index in [1.165, 1.54) is 22.9 Å². The van der Waals surface area contributed by atoms with Gasteiger partial charge in [0.05, 0.1) is 42.7 Å². The molecule has 0 fully saturated rings. The fraction of sp³-hybridized carbons (Fsp3) is 0.409. The predicted octanol–water partition coefficient (Wildman–Crippen LogP) is 2.25. The second-order valence-electron chi connectivity index (χ2n) is 7.99. The molecule has 10 heteroatoms. The minimum Gasteiger partial charge on any atom is -0.487 e. The lowest BCUT2D eigenvalue weighted by Gasteiger charge is -2.45. The van der Waals surface area contributed by atoms with E-state index in [-0.39, 0.29) is 18.8 Å². The number of carbonyl (C=O) groups is 1. The number of ether oxygens (including phenoxy) is 2. The highest BCUT2D eigenvalue weighted by Crippen LogP contribution is 2.45. The topological polar surface area (TPSA) is 125 Å². The van der Waals surface area contributed by atoms with E-state index in [0.717, 1.165) is 6.26 Å². The lowest BCUT2D eigenvalue weighted by molar-refractivity contribution is -0.0171. The minimum absolute atomic E-state index is 0.106. The number of pyridine rings is 1. The van der Waals surface area contributed by atoms with Gasteiger partial charge in [-0.3, -0.25) is 8.98 Å². The quantitative estimate of drug-likeness (QED) is 0.475. The highest BCUT2D eigenvalue weighted by atomic mass is 32.2. The summed E-state index contributed by atoms with van der Waals surface area (Å²) in [5.74, 6) is -0.769. The first kappa shape index (κ1) is 23.5. The average molecular weight is 461 g/mol. The Morgan fingerprint density at radius 1 is 1.28 bits per heavy atom. The minimum atomic E-state index is -3.76. The first-order chi connectivity index (χ1) is 15.0. The zero-order valence-electron chi connectivity index (χ0n) is 18.2. The van der Waals surface area contributed by atoms with E-state index in [1.54, 1.807) is 39.0 Å². The van der Waals surface area contributed by atoms with Gasteiger partial charge in [0.25, 0.3) is 15.7 Å². The summed E-state index contributed by atoms with van der Waals surface area (Å²) in [6.45, 7) is 5.13. The van der Waals surface area contributed by atoms with E-state index in [9.17, 15) is 23.3 Å². The second kappa shape index (κ2) is 8.76. The van der Waals surface area contributed by atoms with Gasteiger partial charge in [-0.2, -0.15) is 13.7 Å². The van der Waals surface area contributed by atoms with Crippen LogP contribution in [0.4, 0.5) is 0 Å². The smallest absolute Gasteiger partial charge is 0.338 e. The number of hydrogen-bond acceptors (Lipinski definition) is 8. The van der Waals surface area contributed by atoms with Gasteiger partial charge < -0.3 is 14.0 Å². The van der Waals surface area contributed by atoms with Crippen molar-refractivity contribution in [3.05, 3.63) is 63.6 Å². The Labute approximate surface area is 186 Å². The molecule has 170 valence electrons. The molecule has 0 N–H and O–H groups in total. The van der Waals surface area contributed by atoms with E-state index in [1.807, 2.05) is 0 Å². The summed E-state index contributed by atoms with van der Waals surface area (Å²) in [6, 6.07) is 8.83. The third-order valence-electron chi connectivity index (χ3n) is 5.33. The maximum Gasteiger partial charge on any atom is 0.338 e. The number of nitrogens with zero attached hydrogens (tertiary/aromatic N) is 2. The van der Waals surface area contributed by atoms with Gasteiger partial charge in [-0.05, 0) is 45.0 Å². The molecule has 0 amide bonds. The number of benzene rings is 1. The maximum absolute atomic E-state index is 13.1. The van der Waals surface area contributed by atoms with Crippen molar-refractivity contribution in [2.24, 2.45) is 5.92 Å². The van der Waals surface area contributed by atoms with Gasteiger partial charge >= 0.3 is 5.97 Å². The molecule has 1 aromatic carbocycles. The average Bonchev–Trinajstić information content (AvgIpc) is 2.70. The highest BCUT2D eigenvalue weighted by Gasteiger charge is 2.46. The van der Waals surface area contributed by atoms with E-state index in [0.29, 0.717) is 16.9 Å². The van der Waals surface area contributed by atoms with Crippen molar-refractivity contribution in [1.82, 2.24) is 4.57 Å². The third kappa shape index (κ3) is 4.84. The molecular weight excluding hydrogens is 436 g/mol. The monoisotopic (exact) mass is 460 g/mol. The molecule has 0 spiro atoms. The van der Waals surface area contributed by atoms with Crippen LogP contribution in [0.1, 0.15) is 48.3 Å². The molecule has 2 atom stereocenters. The summed E-state index contributed by atoms with van der Waals surface area (Å²) in [6.07, 6.45) is 2.40. The van der Waals surface area contributed by atoms with Crippen molar-refractivity contribution in [1.29, 1.82) is 5.26 Å². The molecule has 9 nitrogen and oxygen atoms in total. The SMILES string of the molecule is CCOC(=O)c1ccn([C@H]2c3cc(C#N)ccc3OC(C)(C)[C@@H]2COS(C)(=O)=O)c(=O)c1. The number of carbonyl (C=O) groups excluding carboxylic acids is 1. The van der Waals surface area contributed by atoms with Crippen LogP contribution in [0, 0.1) is 17.2 Å². The van der Waals surface area contributed by atoms with Crippen LogP contribution in [0.25, 0.3) is 0 Å². The van der Waals surface area contributed by atoms with E-state index >= 15 is 0 Å². The molecule has 32 heavy (non-hydrogen) atoms. The molecule has 0 radical (unpaired) electrons. The third-order valence-corrected chi connectivity index (χ3v) is 5.89. The summed E-state index contributed by atoms with van der Waals surface area (Å²) < 4.78 is 40.9. The lowest BCUT2D eigenvalue weighted by Crippen LogP contribution is -2.50. The molecule has 0 aliphatic carbocycles. The second-order valence-corrected chi connectivity index (χ2v) is 9.64. The van der Waals surface area contributed by atoms with Crippen molar-refractivity contribution in [2.75, 3.05) is 19.5 Å². The van der Waals surface area contributed by atoms with Gasteiger partial charge in [-0.25, -0.2) is 4.79 Å². The van der Waals surface area contributed by atoms with E-state index in [4.69, 9.17) is 13.7 Å². The molecule has 2 heterocycles. The molecule has 1 aliphatic heterocycles. The van der Waals surface area contributed by atoms with Gasteiger partial charge in [-0.1, -0.05) is 0 Å². The predicted molar refractivity (Wildman–Crippen MR) is 115 cm³/mol. The van der Waals surface area contributed by atoms with Crippen LogP contribution in [0.15, 0.2) is 41.3 Å². The summed E-state index contributed by atoms with van der Waals surface area (Å²) >= 11 is 0. The van der Waals surface area contributed by atoms with Crippen LogP contribution < -0.4 is 10.3 Å². The maximum atomic E-state index is 13.1. The first-order valence-corrected chi connectivity index (χ1v) is 11.7. The highest BCUT2D eigenvalue weighted by molar-refractivity contribution is 7.85. The van der Waals surface area contributed by atoms with Gasteiger partial charge in [0, 0.05) is 23.7 Å². The Kier molecular flexibility index (Phi) is 6.44. The number of rotatable bonds is 6. The van der Waals surface area contributed by atoms with Crippen molar-refractivity contribution in [2.45, 2.75) is 32.4 Å². The number of fused-ring (bicyclic) bond motifs is 1. The lowest BCUT2D eigenvalue weighted by atomic mass is 9.78. The number of nitriles is 1. The Balaban J connectivity index is 2.18. The Morgan fingerprint density at radius 2 is 2.00 bits per heavy atom. The van der Waals surface area contributed by atoms with E-state index < -0.39 is 39.2 Å². The molecule has 1 aliphatic rings. The van der Waals surface area contributed by atoms with Crippen molar-refractivity contribution in [3.8, 4) is 11.8 Å².